The molecule has 0 fully saturated rings. The van der Waals surface area contributed by atoms with Crippen molar-refractivity contribution in [2.75, 3.05) is 19.5 Å². The molecule has 0 radical (unpaired) electrons. The number of nitrogen functional groups attached to an aromatic ring is 1. The van der Waals surface area contributed by atoms with Gasteiger partial charge in [-0.1, -0.05) is 0 Å². The van der Waals surface area contributed by atoms with Crippen LogP contribution in [-0.4, -0.2) is 25.6 Å². The summed E-state index contributed by atoms with van der Waals surface area (Å²) in [4.78, 5) is 11.2. The fourth-order valence-corrected chi connectivity index (χ4v) is 1.44. The van der Waals surface area contributed by atoms with Gasteiger partial charge in [-0.3, -0.25) is 4.79 Å². The van der Waals surface area contributed by atoms with Gasteiger partial charge >= 0.3 is 0 Å². The summed E-state index contributed by atoms with van der Waals surface area (Å²) in [6.45, 7) is 3.90. The Balaban J connectivity index is 2.77. The van der Waals surface area contributed by atoms with Crippen LogP contribution in [0.15, 0.2) is 18.2 Å². The van der Waals surface area contributed by atoms with Crippen molar-refractivity contribution in [1.82, 2.24) is 0 Å². The molecule has 1 atom stereocenters. The number of hydrogen-bond donors (Lipinski definition) is 1. The number of ketones is 1. The Labute approximate surface area is 95.3 Å². The van der Waals surface area contributed by atoms with Gasteiger partial charge in [0.25, 0.3) is 0 Å². The van der Waals surface area contributed by atoms with Crippen LogP contribution in [0.2, 0.25) is 0 Å². The predicted molar refractivity (Wildman–Crippen MR) is 62.8 cm³/mol. The first-order valence-electron chi connectivity index (χ1n) is 5.10. The van der Waals surface area contributed by atoms with E-state index in [1.54, 1.807) is 25.3 Å². The molecule has 0 heterocycles. The summed E-state index contributed by atoms with van der Waals surface area (Å²) >= 11 is 0. The van der Waals surface area contributed by atoms with Gasteiger partial charge in [0.05, 0.1) is 6.61 Å². The summed E-state index contributed by atoms with van der Waals surface area (Å²) in [7, 11) is 1.62. The van der Waals surface area contributed by atoms with Crippen LogP contribution in [0.25, 0.3) is 0 Å². The third kappa shape index (κ3) is 3.24. The fraction of sp³-hybridized carbons (Fsp3) is 0.417. The zero-order valence-corrected chi connectivity index (χ0v) is 9.82. The van der Waals surface area contributed by atoms with E-state index in [2.05, 4.69) is 0 Å². The Kier molecular flexibility index (Phi) is 4.31. The second-order valence-corrected chi connectivity index (χ2v) is 3.69. The van der Waals surface area contributed by atoms with Crippen LogP contribution in [0, 0.1) is 0 Å². The Morgan fingerprint density at radius 2 is 2.19 bits per heavy atom. The molecule has 4 nitrogen and oxygen atoms in total. The SMILES string of the molecule is COCC(C)Oc1ccc(C(C)=O)c(N)c1. The molecule has 88 valence electrons. The molecule has 4 heteroatoms. The Bertz CT molecular complexity index is 377. The van der Waals surface area contributed by atoms with Crippen LogP contribution in [0.4, 0.5) is 5.69 Å². The molecule has 1 aromatic rings. The van der Waals surface area contributed by atoms with Gasteiger partial charge in [0.2, 0.25) is 0 Å². The molecular weight excluding hydrogens is 206 g/mol. The van der Waals surface area contributed by atoms with Crippen molar-refractivity contribution in [2.24, 2.45) is 0 Å². The molecule has 1 unspecified atom stereocenters. The molecular formula is C12H17NO3. The molecule has 1 rings (SSSR count). The van der Waals surface area contributed by atoms with E-state index in [0.717, 1.165) is 0 Å². The van der Waals surface area contributed by atoms with Crippen LogP contribution >= 0.6 is 0 Å². The Morgan fingerprint density at radius 1 is 1.50 bits per heavy atom. The van der Waals surface area contributed by atoms with E-state index in [4.69, 9.17) is 15.2 Å². The summed E-state index contributed by atoms with van der Waals surface area (Å²) in [5, 5.41) is 0. The molecule has 0 aliphatic carbocycles. The van der Waals surface area contributed by atoms with E-state index < -0.39 is 0 Å². The zero-order chi connectivity index (χ0) is 12.1. The molecule has 0 aliphatic rings. The summed E-state index contributed by atoms with van der Waals surface area (Å²) in [5.74, 6) is 0.598. The molecule has 2 N–H and O–H groups in total. The van der Waals surface area contributed by atoms with Crippen molar-refractivity contribution in [1.29, 1.82) is 0 Å². The monoisotopic (exact) mass is 223 g/mol. The van der Waals surface area contributed by atoms with Crippen molar-refractivity contribution in [3.05, 3.63) is 23.8 Å². The largest absolute Gasteiger partial charge is 0.488 e. The molecule has 1 aromatic carbocycles. The number of methoxy groups -OCH3 is 1. The number of rotatable bonds is 5. The van der Waals surface area contributed by atoms with E-state index in [-0.39, 0.29) is 11.9 Å². The van der Waals surface area contributed by atoms with E-state index in [9.17, 15) is 4.79 Å². The van der Waals surface area contributed by atoms with Gasteiger partial charge in [0.15, 0.2) is 5.78 Å². The van der Waals surface area contributed by atoms with Gasteiger partial charge in [0.1, 0.15) is 11.9 Å². The highest BCUT2D eigenvalue weighted by molar-refractivity contribution is 5.99. The topological polar surface area (TPSA) is 61.5 Å². The van der Waals surface area contributed by atoms with Gasteiger partial charge in [-0.05, 0) is 26.0 Å². The van der Waals surface area contributed by atoms with Crippen LogP contribution in [0.1, 0.15) is 24.2 Å². The lowest BCUT2D eigenvalue weighted by atomic mass is 10.1. The van der Waals surface area contributed by atoms with Crippen molar-refractivity contribution < 1.29 is 14.3 Å². The Hall–Kier alpha value is -1.55. The van der Waals surface area contributed by atoms with Crippen molar-refractivity contribution in [2.45, 2.75) is 20.0 Å². The number of ether oxygens (including phenoxy) is 2. The first-order chi connectivity index (χ1) is 7.54. The number of Topliss-reactive ketones (excluding diaryl/α,β-unsaturated/α-hetero) is 1. The second-order valence-electron chi connectivity index (χ2n) is 3.69. The highest BCUT2D eigenvalue weighted by Gasteiger charge is 2.08. The van der Waals surface area contributed by atoms with E-state index >= 15 is 0 Å². The van der Waals surface area contributed by atoms with Crippen LogP contribution in [-0.2, 0) is 4.74 Å². The molecule has 0 spiro atoms. The quantitative estimate of drug-likeness (QED) is 0.611. The van der Waals surface area contributed by atoms with Crippen LogP contribution < -0.4 is 10.5 Å². The van der Waals surface area contributed by atoms with Gasteiger partial charge in [-0.2, -0.15) is 0 Å². The smallest absolute Gasteiger partial charge is 0.161 e. The lowest BCUT2D eigenvalue weighted by Crippen LogP contribution is -2.18. The van der Waals surface area contributed by atoms with Crippen molar-refractivity contribution in [3.8, 4) is 5.75 Å². The van der Waals surface area contributed by atoms with Crippen molar-refractivity contribution in [3.63, 3.8) is 0 Å². The minimum atomic E-state index is -0.0485. The van der Waals surface area contributed by atoms with Crippen LogP contribution in [0.3, 0.4) is 0 Å². The van der Waals surface area contributed by atoms with Gasteiger partial charge in [-0.15, -0.1) is 0 Å². The lowest BCUT2D eigenvalue weighted by Gasteiger charge is -2.14. The number of carbonyl (C=O) groups is 1. The van der Waals surface area contributed by atoms with Gasteiger partial charge < -0.3 is 15.2 Å². The zero-order valence-electron chi connectivity index (χ0n) is 9.82. The molecule has 0 bridgehead atoms. The average molecular weight is 223 g/mol. The highest BCUT2D eigenvalue weighted by Crippen LogP contribution is 2.21. The minimum absolute atomic E-state index is 0.0472. The summed E-state index contributed by atoms with van der Waals surface area (Å²) < 4.78 is 10.5. The maximum atomic E-state index is 11.2. The number of benzene rings is 1. The number of anilines is 1. The maximum Gasteiger partial charge on any atom is 0.161 e. The predicted octanol–water partition coefficient (Wildman–Crippen LogP) is 1.89. The summed E-state index contributed by atoms with van der Waals surface area (Å²) in [6.07, 6.45) is -0.0485. The highest BCUT2D eigenvalue weighted by atomic mass is 16.5. The molecule has 0 aromatic heterocycles. The third-order valence-corrected chi connectivity index (χ3v) is 2.14. The van der Waals surface area contributed by atoms with Crippen LogP contribution in [0.5, 0.6) is 5.75 Å². The molecule has 0 amide bonds. The van der Waals surface area contributed by atoms with E-state index in [1.165, 1.54) is 6.92 Å². The second kappa shape index (κ2) is 5.51. The summed E-state index contributed by atoms with van der Waals surface area (Å²) in [6, 6.07) is 5.06. The average Bonchev–Trinajstić information content (AvgIpc) is 2.17. The molecule has 0 saturated heterocycles. The van der Waals surface area contributed by atoms with E-state index in [0.29, 0.717) is 23.6 Å². The molecule has 0 aliphatic heterocycles. The van der Waals surface area contributed by atoms with Gasteiger partial charge in [-0.25, -0.2) is 0 Å². The van der Waals surface area contributed by atoms with Gasteiger partial charge in [0, 0.05) is 24.4 Å². The molecule has 16 heavy (non-hydrogen) atoms. The normalized spacial score (nSPS) is 12.2. The molecule has 0 saturated carbocycles. The maximum absolute atomic E-state index is 11.2. The number of nitrogens with two attached hydrogens (primary N) is 1. The Morgan fingerprint density at radius 3 is 2.69 bits per heavy atom. The third-order valence-electron chi connectivity index (χ3n) is 2.14. The first-order valence-corrected chi connectivity index (χ1v) is 5.10. The standard InChI is InChI=1S/C12H17NO3/c1-8(7-15-3)16-10-4-5-11(9(2)14)12(13)6-10/h4-6,8H,7,13H2,1-3H3. The van der Waals surface area contributed by atoms with E-state index in [1.807, 2.05) is 6.92 Å². The fourth-order valence-electron chi connectivity index (χ4n) is 1.44. The number of hydrogen-bond acceptors (Lipinski definition) is 4. The van der Waals surface area contributed by atoms with Crippen molar-refractivity contribution >= 4 is 11.5 Å². The summed E-state index contributed by atoms with van der Waals surface area (Å²) in [5.41, 5.74) is 6.70. The minimum Gasteiger partial charge on any atom is -0.488 e. The number of carbonyl (C=O) groups excluding carboxylic acids is 1. The lowest BCUT2D eigenvalue weighted by molar-refractivity contribution is 0.0921. The first kappa shape index (κ1) is 12.5.